The standard InChI is InChI=1S/C16H20N6O/c17-10-13(11-21-6-8-23-9-7-21)12-22-16(18)19-15(20-22)14-4-2-1-3-5-14/h1-5,13H,6-9,11-12H2,(H2,18,19,20). The number of anilines is 1. The smallest absolute Gasteiger partial charge is 0.219 e. The van der Waals surface area contributed by atoms with Gasteiger partial charge in [-0.1, -0.05) is 30.3 Å². The summed E-state index contributed by atoms with van der Waals surface area (Å²) in [4.78, 5) is 6.54. The summed E-state index contributed by atoms with van der Waals surface area (Å²) in [6.45, 7) is 4.31. The molecule has 23 heavy (non-hydrogen) atoms. The van der Waals surface area contributed by atoms with E-state index in [1.54, 1.807) is 4.68 Å². The van der Waals surface area contributed by atoms with Gasteiger partial charge in [0.05, 0.1) is 31.7 Å². The predicted octanol–water partition coefficient (Wildman–Crippen LogP) is 0.999. The molecular formula is C16H20N6O. The van der Waals surface area contributed by atoms with Gasteiger partial charge in [0.1, 0.15) is 0 Å². The lowest BCUT2D eigenvalue weighted by Gasteiger charge is -2.28. The van der Waals surface area contributed by atoms with Crippen molar-refractivity contribution in [2.45, 2.75) is 6.54 Å². The molecule has 0 saturated carbocycles. The van der Waals surface area contributed by atoms with Crippen LogP contribution in [0.1, 0.15) is 0 Å². The van der Waals surface area contributed by atoms with Gasteiger partial charge in [-0.15, -0.1) is 5.10 Å². The molecule has 0 aliphatic carbocycles. The number of benzene rings is 1. The van der Waals surface area contributed by atoms with Gasteiger partial charge in [-0.05, 0) is 0 Å². The Kier molecular flexibility index (Phi) is 4.86. The third kappa shape index (κ3) is 3.86. The zero-order chi connectivity index (χ0) is 16.1. The van der Waals surface area contributed by atoms with Crippen LogP contribution in [0.5, 0.6) is 0 Å². The molecule has 0 bridgehead atoms. The highest BCUT2D eigenvalue weighted by molar-refractivity contribution is 5.55. The lowest BCUT2D eigenvalue weighted by molar-refractivity contribution is 0.0328. The first kappa shape index (κ1) is 15.5. The first-order valence-corrected chi connectivity index (χ1v) is 7.71. The topological polar surface area (TPSA) is 93.0 Å². The Morgan fingerprint density at radius 1 is 1.22 bits per heavy atom. The molecular weight excluding hydrogens is 292 g/mol. The molecule has 1 saturated heterocycles. The number of morpholine rings is 1. The van der Waals surface area contributed by atoms with E-state index in [0.29, 0.717) is 24.9 Å². The van der Waals surface area contributed by atoms with Crippen molar-refractivity contribution in [3.05, 3.63) is 30.3 Å². The number of hydrogen-bond donors (Lipinski definition) is 1. The Morgan fingerprint density at radius 2 is 1.96 bits per heavy atom. The Bertz CT molecular complexity index is 672. The van der Waals surface area contributed by atoms with Crippen LogP contribution in [-0.4, -0.2) is 52.5 Å². The summed E-state index contributed by atoms with van der Waals surface area (Å²) in [5, 5.41) is 13.9. The lowest BCUT2D eigenvalue weighted by Crippen LogP contribution is -2.40. The minimum absolute atomic E-state index is 0.180. The molecule has 1 aliphatic heterocycles. The maximum Gasteiger partial charge on any atom is 0.219 e. The third-order valence-corrected chi connectivity index (χ3v) is 3.89. The summed E-state index contributed by atoms with van der Waals surface area (Å²) in [5.74, 6) is 0.748. The second kappa shape index (κ2) is 7.22. The quantitative estimate of drug-likeness (QED) is 0.885. The van der Waals surface area contributed by atoms with Crippen LogP contribution in [0.3, 0.4) is 0 Å². The molecule has 2 heterocycles. The Hall–Kier alpha value is -2.43. The van der Waals surface area contributed by atoms with Crippen molar-refractivity contribution in [1.29, 1.82) is 5.26 Å². The highest BCUT2D eigenvalue weighted by atomic mass is 16.5. The van der Waals surface area contributed by atoms with Crippen LogP contribution in [0.2, 0.25) is 0 Å². The number of hydrogen-bond acceptors (Lipinski definition) is 6. The van der Waals surface area contributed by atoms with Crippen LogP contribution in [0.25, 0.3) is 11.4 Å². The molecule has 0 amide bonds. The van der Waals surface area contributed by atoms with Gasteiger partial charge in [0.25, 0.3) is 0 Å². The summed E-state index contributed by atoms with van der Waals surface area (Å²) in [6.07, 6.45) is 0. The van der Waals surface area contributed by atoms with Gasteiger partial charge in [0.2, 0.25) is 5.95 Å². The maximum absolute atomic E-state index is 9.42. The summed E-state index contributed by atoms with van der Waals surface area (Å²) in [5.41, 5.74) is 6.88. The van der Waals surface area contributed by atoms with Crippen molar-refractivity contribution >= 4 is 5.95 Å². The van der Waals surface area contributed by atoms with Crippen LogP contribution in [-0.2, 0) is 11.3 Å². The fourth-order valence-corrected chi connectivity index (χ4v) is 2.64. The van der Waals surface area contributed by atoms with E-state index in [-0.39, 0.29) is 5.92 Å². The molecule has 2 N–H and O–H groups in total. The highest BCUT2D eigenvalue weighted by Crippen LogP contribution is 2.17. The second-order valence-electron chi connectivity index (χ2n) is 5.58. The molecule has 0 spiro atoms. The zero-order valence-electron chi connectivity index (χ0n) is 12.9. The molecule has 1 aromatic carbocycles. The van der Waals surface area contributed by atoms with E-state index in [0.717, 1.165) is 31.9 Å². The fourth-order valence-electron chi connectivity index (χ4n) is 2.64. The van der Waals surface area contributed by atoms with E-state index >= 15 is 0 Å². The molecule has 0 radical (unpaired) electrons. The first-order chi connectivity index (χ1) is 11.3. The van der Waals surface area contributed by atoms with Gasteiger partial charge < -0.3 is 10.5 Å². The van der Waals surface area contributed by atoms with Crippen LogP contribution in [0, 0.1) is 17.2 Å². The Labute approximate surface area is 135 Å². The van der Waals surface area contributed by atoms with Crippen molar-refractivity contribution in [3.8, 4) is 17.5 Å². The average Bonchev–Trinajstić information content (AvgIpc) is 2.97. The van der Waals surface area contributed by atoms with E-state index in [4.69, 9.17) is 10.5 Å². The van der Waals surface area contributed by atoms with Crippen molar-refractivity contribution in [3.63, 3.8) is 0 Å². The summed E-state index contributed by atoms with van der Waals surface area (Å²) in [7, 11) is 0. The van der Waals surface area contributed by atoms with Gasteiger partial charge >= 0.3 is 0 Å². The Balaban J connectivity index is 1.69. The van der Waals surface area contributed by atoms with E-state index in [2.05, 4.69) is 21.1 Å². The van der Waals surface area contributed by atoms with Gasteiger partial charge in [-0.25, -0.2) is 4.68 Å². The molecule has 1 aliphatic rings. The lowest BCUT2D eigenvalue weighted by atomic mass is 10.1. The molecule has 1 aromatic heterocycles. The number of ether oxygens (including phenoxy) is 1. The first-order valence-electron chi connectivity index (χ1n) is 7.71. The van der Waals surface area contributed by atoms with Crippen molar-refractivity contribution in [2.24, 2.45) is 5.92 Å². The largest absolute Gasteiger partial charge is 0.379 e. The second-order valence-corrected chi connectivity index (χ2v) is 5.58. The Morgan fingerprint density at radius 3 is 2.65 bits per heavy atom. The third-order valence-electron chi connectivity index (χ3n) is 3.89. The number of nitrogen functional groups attached to an aromatic ring is 1. The van der Waals surface area contributed by atoms with Gasteiger partial charge in [-0.2, -0.15) is 10.2 Å². The molecule has 1 unspecified atom stereocenters. The van der Waals surface area contributed by atoms with Gasteiger partial charge in [0, 0.05) is 25.2 Å². The van der Waals surface area contributed by atoms with Crippen LogP contribution < -0.4 is 5.73 Å². The van der Waals surface area contributed by atoms with Crippen LogP contribution in [0.15, 0.2) is 30.3 Å². The predicted molar refractivity (Wildman–Crippen MR) is 86.2 cm³/mol. The van der Waals surface area contributed by atoms with E-state index in [1.807, 2.05) is 30.3 Å². The van der Waals surface area contributed by atoms with Crippen LogP contribution in [0.4, 0.5) is 5.95 Å². The molecule has 7 heteroatoms. The number of nitriles is 1. The number of rotatable bonds is 5. The van der Waals surface area contributed by atoms with E-state index in [1.165, 1.54) is 0 Å². The van der Waals surface area contributed by atoms with Crippen LogP contribution >= 0.6 is 0 Å². The van der Waals surface area contributed by atoms with Gasteiger partial charge in [0.15, 0.2) is 5.82 Å². The fraction of sp³-hybridized carbons (Fsp3) is 0.438. The molecule has 120 valence electrons. The molecule has 2 aromatic rings. The SMILES string of the molecule is N#CC(CN1CCOCC1)Cn1nc(-c2ccccc2)nc1N. The molecule has 7 nitrogen and oxygen atoms in total. The monoisotopic (exact) mass is 312 g/mol. The summed E-state index contributed by atoms with van der Waals surface area (Å²) >= 11 is 0. The maximum atomic E-state index is 9.42. The van der Waals surface area contributed by atoms with E-state index in [9.17, 15) is 5.26 Å². The van der Waals surface area contributed by atoms with Crippen molar-refractivity contribution in [2.75, 3.05) is 38.6 Å². The molecule has 1 fully saturated rings. The summed E-state index contributed by atoms with van der Waals surface area (Å²) < 4.78 is 6.95. The number of nitrogens with zero attached hydrogens (tertiary/aromatic N) is 5. The summed E-state index contributed by atoms with van der Waals surface area (Å²) in [6, 6.07) is 12.0. The normalized spacial score (nSPS) is 16.8. The average molecular weight is 312 g/mol. The minimum Gasteiger partial charge on any atom is -0.379 e. The zero-order valence-corrected chi connectivity index (χ0v) is 12.9. The molecule has 3 rings (SSSR count). The van der Waals surface area contributed by atoms with Crippen molar-refractivity contribution in [1.82, 2.24) is 19.7 Å². The highest BCUT2D eigenvalue weighted by Gasteiger charge is 2.19. The number of nitrogens with two attached hydrogens (primary N) is 1. The molecule has 1 atom stereocenters. The minimum atomic E-state index is -0.180. The number of aromatic nitrogens is 3. The van der Waals surface area contributed by atoms with E-state index < -0.39 is 0 Å². The van der Waals surface area contributed by atoms with Gasteiger partial charge in [-0.3, -0.25) is 4.90 Å². The van der Waals surface area contributed by atoms with Crippen molar-refractivity contribution < 1.29 is 4.74 Å².